The molecule has 0 aliphatic heterocycles. The Morgan fingerprint density at radius 1 is 1.33 bits per heavy atom. The minimum Gasteiger partial charge on any atom is -0.465 e. The van der Waals surface area contributed by atoms with Crippen molar-refractivity contribution in [3.63, 3.8) is 0 Å². The third kappa shape index (κ3) is 3.72. The fraction of sp³-hybridized carbons (Fsp3) is 0.231. The summed E-state index contributed by atoms with van der Waals surface area (Å²) in [6, 6.07) is 5.52. The molecule has 2 aromatic rings. The molecule has 3 N–H and O–H groups in total. The number of nitrogens with two attached hydrogens (primary N) is 1. The first-order valence-corrected chi connectivity index (χ1v) is 6.35. The summed E-state index contributed by atoms with van der Waals surface area (Å²) in [5.41, 5.74) is 4.73. The maximum atomic E-state index is 12.7. The molecule has 0 atom stereocenters. The first kappa shape index (κ1) is 15.3. The van der Waals surface area contributed by atoms with Crippen LogP contribution in [0.4, 0.5) is 19.0 Å². The molecule has 0 fully saturated rings. The summed E-state index contributed by atoms with van der Waals surface area (Å²) < 4.78 is 43.4. The minimum atomic E-state index is -4.54. The maximum Gasteiger partial charge on any atom is 0.433 e. The number of halogens is 3. The van der Waals surface area contributed by atoms with Crippen LogP contribution in [0.15, 0.2) is 28.7 Å². The van der Waals surface area contributed by atoms with Gasteiger partial charge in [-0.15, -0.1) is 0 Å². The van der Waals surface area contributed by atoms with E-state index in [1.165, 1.54) is 6.07 Å². The molecule has 2 aromatic heterocycles. The normalized spacial score (nSPS) is 11.4. The molecule has 0 spiro atoms. The standard InChI is InChI=1S/C13H12F3N3OS/c1-7-2-3-8(20-7)6-18-12-9(11(17)21)4-5-10(19-12)13(14,15)16/h2-5H,6H2,1H3,(H2,17,21)(H,18,19). The van der Waals surface area contributed by atoms with Crippen LogP contribution in [0.25, 0.3) is 0 Å². The smallest absolute Gasteiger partial charge is 0.433 e. The Hall–Kier alpha value is -2.09. The van der Waals surface area contributed by atoms with Crippen molar-refractivity contribution in [2.24, 2.45) is 5.73 Å². The van der Waals surface area contributed by atoms with E-state index in [0.29, 0.717) is 11.5 Å². The maximum absolute atomic E-state index is 12.7. The van der Waals surface area contributed by atoms with E-state index in [1.807, 2.05) is 0 Å². The fourth-order valence-corrected chi connectivity index (χ4v) is 1.87. The van der Waals surface area contributed by atoms with Crippen LogP contribution in [0, 0.1) is 6.92 Å². The monoisotopic (exact) mass is 315 g/mol. The van der Waals surface area contributed by atoms with Crippen molar-refractivity contribution in [2.75, 3.05) is 5.32 Å². The average Bonchev–Trinajstić information content (AvgIpc) is 2.80. The summed E-state index contributed by atoms with van der Waals surface area (Å²) >= 11 is 4.81. The Bertz CT molecular complexity index is 667. The summed E-state index contributed by atoms with van der Waals surface area (Å²) in [6.07, 6.45) is -4.54. The molecule has 21 heavy (non-hydrogen) atoms. The Labute approximate surface area is 124 Å². The number of hydrogen-bond donors (Lipinski definition) is 2. The Balaban J connectivity index is 2.28. The minimum absolute atomic E-state index is 0.0219. The van der Waals surface area contributed by atoms with Gasteiger partial charge in [0.15, 0.2) is 0 Å². The van der Waals surface area contributed by atoms with Gasteiger partial charge in [-0.3, -0.25) is 0 Å². The second-order valence-corrected chi connectivity index (χ2v) is 4.76. The number of alkyl halides is 3. The van der Waals surface area contributed by atoms with E-state index in [2.05, 4.69) is 10.3 Å². The molecule has 0 aromatic carbocycles. The largest absolute Gasteiger partial charge is 0.465 e. The van der Waals surface area contributed by atoms with Crippen molar-refractivity contribution in [1.29, 1.82) is 0 Å². The molecule has 0 amide bonds. The van der Waals surface area contributed by atoms with E-state index < -0.39 is 11.9 Å². The first-order valence-electron chi connectivity index (χ1n) is 5.94. The predicted molar refractivity (Wildman–Crippen MR) is 75.9 cm³/mol. The highest BCUT2D eigenvalue weighted by molar-refractivity contribution is 7.80. The van der Waals surface area contributed by atoms with Crippen molar-refractivity contribution in [1.82, 2.24) is 4.98 Å². The molecule has 112 valence electrons. The third-order valence-corrected chi connectivity index (χ3v) is 2.90. The number of aromatic nitrogens is 1. The molecule has 4 nitrogen and oxygen atoms in total. The molecular formula is C13H12F3N3OS. The number of aryl methyl sites for hydroxylation is 1. The molecule has 0 radical (unpaired) electrons. The number of furan rings is 1. The zero-order valence-corrected chi connectivity index (χ0v) is 11.8. The van der Waals surface area contributed by atoms with Crippen LogP contribution in [-0.2, 0) is 12.7 Å². The van der Waals surface area contributed by atoms with Crippen LogP contribution in [-0.4, -0.2) is 9.97 Å². The van der Waals surface area contributed by atoms with Crippen LogP contribution < -0.4 is 11.1 Å². The van der Waals surface area contributed by atoms with Crippen molar-refractivity contribution in [3.8, 4) is 0 Å². The molecule has 0 aliphatic carbocycles. The SMILES string of the molecule is Cc1ccc(CNc2nc(C(F)(F)F)ccc2C(N)=S)o1. The third-order valence-electron chi connectivity index (χ3n) is 2.68. The van der Waals surface area contributed by atoms with Gasteiger partial charge >= 0.3 is 6.18 Å². The zero-order chi connectivity index (χ0) is 15.6. The number of nitrogens with zero attached hydrogens (tertiary/aromatic N) is 1. The molecule has 0 bridgehead atoms. The number of anilines is 1. The molecule has 2 heterocycles. The number of rotatable bonds is 4. The lowest BCUT2D eigenvalue weighted by atomic mass is 10.2. The lowest BCUT2D eigenvalue weighted by Crippen LogP contribution is -2.17. The number of thiocarbonyl (C=S) groups is 1. The van der Waals surface area contributed by atoms with Gasteiger partial charge in [0.2, 0.25) is 0 Å². The highest BCUT2D eigenvalue weighted by Gasteiger charge is 2.33. The van der Waals surface area contributed by atoms with E-state index in [9.17, 15) is 13.2 Å². The van der Waals surface area contributed by atoms with Crippen LogP contribution in [0.3, 0.4) is 0 Å². The Morgan fingerprint density at radius 2 is 2.05 bits per heavy atom. The second-order valence-electron chi connectivity index (χ2n) is 4.32. The van der Waals surface area contributed by atoms with E-state index in [1.54, 1.807) is 19.1 Å². The summed E-state index contributed by atoms with van der Waals surface area (Å²) in [6.45, 7) is 1.95. The van der Waals surface area contributed by atoms with Gasteiger partial charge in [0.05, 0.1) is 12.1 Å². The summed E-state index contributed by atoms with van der Waals surface area (Å²) in [4.78, 5) is 3.51. The van der Waals surface area contributed by atoms with Gasteiger partial charge in [0, 0.05) is 0 Å². The topological polar surface area (TPSA) is 64.1 Å². The summed E-state index contributed by atoms with van der Waals surface area (Å²) in [5, 5.41) is 2.76. The van der Waals surface area contributed by atoms with Gasteiger partial charge in [0.25, 0.3) is 0 Å². The molecule has 0 saturated heterocycles. The van der Waals surface area contributed by atoms with Gasteiger partial charge in [-0.1, -0.05) is 12.2 Å². The van der Waals surface area contributed by atoms with Crippen LogP contribution >= 0.6 is 12.2 Å². The Morgan fingerprint density at radius 3 is 2.57 bits per heavy atom. The fourth-order valence-electron chi connectivity index (χ4n) is 1.70. The Kier molecular flexibility index (Phi) is 4.17. The average molecular weight is 315 g/mol. The lowest BCUT2D eigenvalue weighted by Gasteiger charge is -2.12. The summed E-state index contributed by atoms with van der Waals surface area (Å²) in [5.74, 6) is 1.25. The number of nitrogens with one attached hydrogen (secondary N) is 1. The van der Waals surface area contributed by atoms with Crippen molar-refractivity contribution < 1.29 is 17.6 Å². The molecule has 8 heteroatoms. The van der Waals surface area contributed by atoms with Gasteiger partial charge in [0.1, 0.15) is 28.0 Å². The van der Waals surface area contributed by atoms with Gasteiger partial charge in [-0.05, 0) is 31.2 Å². The quantitative estimate of drug-likeness (QED) is 0.848. The van der Waals surface area contributed by atoms with Gasteiger partial charge in [-0.25, -0.2) is 4.98 Å². The molecule has 0 aliphatic rings. The van der Waals surface area contributed by atoms with Crippen molar-refractivity contribution in [3.05, 3.63) is 47.0 Å². The molecule has 0 saturated carbocycles. The van der Waals surface area contributed by atoms with Gasteiger partial charge < -0.3 is 15.5 Å². The first-order chi connectivity index (χ1) is 9.77. The van der Waals surface area contributed by atoms with Crippen LogP contribution in [0.2, 0.25) is 0 Å². The van der Waals surface area contributed by atoms with E-state index in [-0.39, 0.29) is 22.9 Å². The number of hydrogen-bond acceptors (Lipinski definition) is 4. The van der Waals surface area contributed by atoms with Crippen molar-refractivity contribution in [2.45, 2.75) is 19.6 Å². The van der Waals surface area contributed by atoms with Crippen LogP contribution in [0.1, 0.15) is 22.8 Å². The highest BCUT2D eigenvalue weighted by Crippen LogP contribution is 2.29. The van der Waals surface area contributed by atoms with Crippen molar-refractivity contribution >= 4 is 23.0 Å². The van der Waals surface area contributed by atoms with E-state index >= 15 is 0 Å². The second kappa shape index (κ2) is 5.72. The lowest BCUT2D eigenvalue weighted by molar-refractivity contribution is -0.141. The molecule has 2 rings (SSSR count). The predicted octanol–water partition coefficient (Wildman–Crippen LogP) is 3.25. The molecule has 0 unspecified atom stereocenters. The van der Waals surface area contributed by atoms with E-state index in [4.69, 9.17) is 22.4 Å². The summed E-state index contributed by atoms with van der Waals surface area (Å²) in [7, 11) is 0. The number of pyridine rings is 1. The molecular weight excluding hydrogens is 303 g/mol. The highest BCUT2D eigenvalue weighted by atomic mass is 32.1. The van der Waals surface area contributed by atoms with Crippen LogP contribution in [0.5, 0.6) is 0 Å². The van der Waals surface area contributed by atoms with E-state index in [0.717, 1.165) is 6.07 Å². The van der Waals surface area contributed by atoms with Gasteiger partial charge in [-0.2, -0.15) is 13.2 Å². The zero-order valence-electron chi connectivity index (χ0n) is 11.0.